The fraction of sp³-hybridized carbons (Fsp3) is 0.381. The molecule has 2 aromatic rings. The molecular weight excluding hydrogens is 340 g/mol. The number of fused-ring (bicyclic) bond motifs is 2. The summed E-state index contributed by atoms with van der Waals surface area (Å²) in [5, 5.41) is 2.73. The van der Waals surface area contributed by atoms with Crippen LogP contribution in [0.15, 0.2) is 48.8 Å². The Kier molecular flexibility index (Phi) is 4.90. The SMILES string of the molecule is CC(=O)Nc1ccc(C(=O)N2C3CCC2CN(Cc2cccnc2)C3)cc1. The van der Waals surface area contributed by atoms with E-state index in [2.05, 4.69) is 26.2 Å². The number of rotatable bonds is 4. The zero-order chi connectivity index (χ0) is 18.8. The number of amides is 2. The van der Waals surface area contributed by atoms with E-state index in [4.69, 9.17) is 0 Å². The maximum Gasteiger partial charge on any atom is 0.254 e. The van der Waals surface area contributed by atoms with Crippen molar-refractivity contribution in [2.45, 2.75) is 38.4 Å². The van der Waals surface area contributed by atoms with Gasteiger partial charge in [-0.25, -0.2) is 0 Å². The van der Waals surface area contributed by atoms with Crippen molar-refractivity contribution in [1.29, 1.82) is 0 Å². The van der Waals surface area contributed by atoms with Crippen molar-refractivity contribution in [3.05, 3.63) is 59.9 Å². The first-order valence-corrected chi connectivity index (χ1v) is 9.42. The van der Waals surface area contributed by atoms with E-state index in [1.807, 2.05) is 12.3 Å². The van der Waals surface area contributed by atoms with Gasteiger partial charge in [0.05, 0.1) is 0 Å². The lowest BCUT2D eigenvalue weighted by atomic mass is 10.1. The average Bonchev–Trinajstić information content (AvgIpc) is 2.93. The number of hydrogen-bond acceptors (Lipinski definition) is 4. The quantitative estimate of drug-likeness (QED) is 0.905. The van der Waals surface area contributed by atoms with Gasteiger partial charge in [0.2, 0.25) is 5.91 Å². The van der Waals surface area contributed by atoms with Crippen LogP contribution in [0.1, 0.15) is 35.7 Å². The second-order valence-corrected chi connectivity index (χ2v) is 7.41. The monoisotopic (exact) mass is 364 g/mol. The minimum absolute atomic E-state index is 0.0953. The lowest BCUT2D eigenvalue weighted by molar-refractivity contribution is -0.114. The van der Waals surface area contributed by atoms with Crippen molar-refractivity contribution in [3.63, 3.8) is 0 Å². The summed E-state index contributed by atoms with van der Waals surface area (Å²) in [6.45, 7) is 4.16. The van der Waals surface area contributed by atoms with Crippen LogP contribution in [0.2, 0.25) is 0 Å². The Bertz CT molecular complexity index is 808. The lowest BCUT2D eigenvalue weighted by Gasteiger charge is -2.41. The highest BCUT2D eigenvalue weighted by Crippen LogP contribution is 2.32. The Labute approximate surface area is 159 Å². The number of pyridine rings is 1. The van der Waals surface area contributed by atoms with Crippen LogP contribution in [0.3, 0.4) is 0 Å². The van der Waals surface area contributed by atoms with E-state index >= 15 is 0 Å². The first kappa shape index (κ1) is 17.7. The van der Waals surface area contributed by atoms with Gasteiger partial charge in [-0.3, -0.25) is 19.5 Å². The molecule has 2 atom stereocenters. The van der Waals surface area contributed by atoms with Gasteiger partial charge in [-0.2, -0.15) is 0 Å². The highest BCUT2D eigenvalue weighted by Gasteiger charge is 2.42. The van der Waals surface area contributed by atoms with Crippen LogP contribution in [-0.4, -0.2) is 51.8 Å². The Hall–Kier alpha value is -2.73. The van der Waals surface area contributed by atoms with Crippen LogP contribution in [0.25, 0.3) is 0 Å². The molecule has 1 aromatic heterocycles. The van der Waals surface area contributed by atoms with Crippen molar-refractivity contribution >= 4 is 17.5 Å². The molecule has 4 rings (SSSR count). The van der Waals surface area contributed by atoms with E-state index < -0.39 is 0 Å². The molecule has 1 N–H and O–H groups in total. The average molecular weight is 364 g/mol. The van der Waals surface area contributed by atoms with Crippen LogP contribution in [0.4, 0.5) is 5.69 Å². The van der Waals surface area contributed by atoms with E-state index in [0.717, 1.165) is 32.5 Å². The molecule has 6 heteroatoms. The molecule has 140 valence electrons. The number of nitrogens with one attached hydrogen (secondary N) is 1. The van der Waals surface area contributed by atoms with E-state index in [0.29, 0.717) is 11.3 Å². The first-order valence-electron chi connectivity index (χ1n) is 9.42. The largest absolute Gasteiger partial charge is 0.330 e. The molecule has 2 aliphatic rings. The normalized spacial score (nSPS) is 21.9. The number of anilines is 1. The highest BCUT2D eigenvalue weighted by molar-refractivity contribution is 5.96. The minimum Gasteiger partial charge on any atom is -0.330 e. The van der Waals surface area contributed by atoms with E-state index in [1.54, 1.807) is 30.5 Å². The number of carbonyl (C=O) groups excluding carboxylic acids is 2. The molecule has 6 nitrogen and oxygen atoms in total. The fourth-order valence-electron chi connectivity index (χ4n) is 4.25. The van der Waals surface area contributed by atoms with Crippen LogP contribution >= 0.6 is 0 Å². The molecule has 2 saturated heterocycles. The summed E-state index contributed by atoms with van der Waals surface area (Å²) in [6.07, 6.45) is 5.82. The number of benzene rings is 1. The van der Waals surface area contributed by atoms with Gasteiger partial charge in [0.15, 0.2) is 0 Å². The third kappa shape index (κ3) is 3.85. The van der Waals surface area contributed by atoms with Gasteiger partial charge in [0, 0.05) is 62.3 Å². The van der Waals surface area contributed by atoms with Gasteiger partial charge in [-0.15, -0.1) is 0 Å². The summed E-state index contributed by atoms with van der Waals surface area (Å²) in [4.78, 5) is 32.9. The summed E-state index contributed by atoms with van der Waals surface area (Å²) < 4.78 is 0. The first-order chi connectivity index (χ1) is 13.1. The molecule has 0 radical (unpaired) electrons. The van der Waals surface area contributed by atoms with E-state index in [9.17, 15) is 9.59 Å². The maximum atomic E-state index is 13.1. The van der Waals surface area contributed by atoms with E-state index in [1.165, 1.54) is 12.5 Å². The molecule has 27 heavy (non-hydrogen) atoms. The fourth-order valence-corrected chi connectivity index (χ4v) is 4.25. The van der Waals surface area contributed by atoms with Crippen LogP contribution in [0, 0.1) is 0 Å². The molecule has 0 saturated carbocycles. The molecule has 2 aliphatic heterocycles. The summed E-state index contributed by atoms with van der Waals surface area (Å²) in [6, 6.07) is 11.8. The zero-order valence-corrected chi connectivity index (χ0v) is 15.5. The van der Waals surface area contributed by atoms with Crippen LogP contribution in [-0.2, 0) is 11.3 Å². The van der Waals surface area contributed by atoms with Crippen molar-refractivity contribution < 1.29 is 9.59 Å². The third-order valence-electron chi connectivity index (χ3n) is 5.37. The van der Waals surface area contributed by atoms with Gasteiger partial charge < -0.3 is 10.2 Å². The minimum atomic E-state index is -0.114. The molecule has 3 heterocycles. The molecule has 0 spiro atoms. The molecule has 2 bridgehead atoms. The maximum absolute atomic E-state index is 13.1. The molecule has 1 aromatic carbocycles. The van der Waals surface area contributed by atoms with E-state index in [-0.39, 0.29) is 23.9 Å². The van der Waals surface area contributed by atoms with Gasteiger partial charge in [-0.05, 0) is 48.7 Å². The zero-order valence-electron chi connectivity index (χ0n) is 15.5. The summed E-state index contributed by atoms with van der Waals surface area (Å²) >= 11 is 0. The predicted octanol–water partition coefficient (Wildman–Crippen LogP) is 2.53. The van der Waals surface area contributed by atoms with Gasteiger partial charge in [-0.1, -0.05) is 6.07 Å². The number of piperazine rings is 1. The molecular formula is C21H24N4O2. The van der Waals surface area contributed by atoms with Crippen LogP contribution in [0.5, 0.6) is 0 Å². The summed E-state index contributed by atoms with van der Waals surface area (Å²) in [7, 11) is 0. The lowest BCUT2D eigenvalue weighted by Crippen LogP contribution is -2.55. The second kappa shape index (κ2) is 7.48. The number of likely N-dealkylation sites (tertiary alicyclic amines) is 1. The molecule has 2 fully saturated rings. The number of carbonyl (C=O) groups is 2. The third-order valence-corrected chi connectivity index (χ3v) is 5.37. The topological polar surface area (TPSA) is 65.5 Å². The number of nitrogens with zero attached hydrogens (tertiary/aromatic N) is 3. The van der Waals surface area contributed by atoms with Gasteiger partial charge >= 0.3 is 0 Å². The highest BCUT2D eigenvalue weighted by atomic mass is 16.2. The van der Waals surface area contributed by atoms with Gasteiger partial charge in [0.25, 0.3) is 5.91 Å². The van der Waals surface area contributed by atoms with Crippen LogP contribution < -0.4 is 5.32 Å². The number of hydrogen-bond donors (Lipinski definition) is 1. The second-order valence-electron chi connectivity index (χ2n) is 7.41. The standard InChI is InChI=1S/C21H24N4O2/c1-15(26)23-18-6-4-17(5-7-18)21(27)25-19-8-9-20(25)14-24(13-19)12-16-3-2-10-22-11-16/h2-7,10-11,19-20H,8-9,12-14H2,1H3,(H,23,26). The Morgan fingerprint density at radius 3 is 2.41 bits per heavy atom. The van der Waals surface area contributed by atoms with Crippen molar-refractivity contribution in [2.75, 3.05) is 18.4 Å². The molecule has 0 aliphatic carbocycles. The predicted molar refractivity (Wildman–Crippen MR) is 103 cm³/mol. The van der Waals surface area contributed by atoms with Crippen molar-refractivity contribution in [1.82, 2.24) is 14.8 Å². The molecule has 2 unspecified atom stereocenters. The van der Waals surface area contributed by atoms with Gasteiger partial charge in [0.1, 0.15) is 0 Å². The number of aromatic nitrogens is 1. The van der Waals surface area contributed by atoms with Crippen molar-refractivity contribution in [2.24, 2.45) is 0 Å². The summed E-state index contributed by atoms with van der Waals surface area (Å²) in [5.74, 6) is -0.0187. The Morgan fingerprint density at radius 2 is 1.81 bits per heavy atom. The van der Waals surface area contributed by atoms with Crippen molar-refractivity contribution in [3.8, 4) is 0 Å². The Morgan fingerprint density at radius 1 is 1.11 bits per heavy atom. The smallest absolute Gasteiger partial charge is 0.254 e. The Balaban J connectivity index is 1.43. The summed E-state index contributed by atoms with van der Waals surface area (Å²) in [5.41, 5.74) is 2.61. The molecule has 2 amide bonds.